The number of carbonyl (C=O) groups is 1. The van der Waals surface area contributed by atoms with Crippen LogP contribution >= 0.6 is 0 Å². The predicted molar refractivity (Wildman–Crippen MR) is 89.9 cm³/mol. The van der Waals surface area contributed by atoms with Gasteiger partial charge in [0.05, 0.1) is 11.6 Å². The van der Waals surface area contributed by atoms with Gasteiger partial charge in [0.15, 0.2) is 0 Å². The second kappa shape index (κ2) is 8.08. The molecule has 1 saturated heterocycles. The summed E-state index contributed by atoms with van der Waals surface area (Å²) in [6.07, 6.45) is 5.31. The minimum absolute atomic E-state index is 0.200. The number of aliphatic carboxylic acids is 1. The lowest BCUT2D eigenvalue weighted by Crippen LogP contribution is -2.36. The third kappa shape index (κ3) is 4.21. The first kappa shape index (κ1) is 16.7. The van der Waals surface area contributed by atoms with Crippen LogP contribution in [0.2, 0.25) is 0 Å². The van der Waals surface area contributed by atoms with Gasteiger partial charge in [-0.2, -0.15) is 5.10 Å². The van der Waals surface area contributed by atoms with Crippen molar-refractivity contribution in [2.75, 3.05) is 19.8 Å². The standard InChI is InChI=1S/C18H23N3O3/c22-18(23)17(15-6-10-24-11-7-15)13-19-12-14-2-4-16(5-3-14)21-9-1-8-20-21/h1-5,8-9,15,17,19H,6-7,10-13H2,(H,22,23). The molecule has 1 aromatic heterocycles. The van der Waals surface area contributed by atoms with Crippen molar-refractivity contribution in [3.05, 3.63) is 48.3 Å². The summed E-state index contributed by atoms with van der Waals surface area (Å²) in [5.41, 5.74) is 2.14. The highest BCUT2D eigenvalue weighted by molar-refractivity contribution is 5.70. The molecule has 2 aromatic rings. The molecule has 1 unspecified atom stereocenters. The highest BCUT2D eigenvalue weighted by atomic mass is 16.5. The summed E-state index contributed by atoms with van der Waals surface area (Å²) in [6.45, 7) is 2.49. The van der Waals surface area contributed by atoms with Gasteiger partial charge in [0.2, 0.25) is 0 Å². The van der Waals surface area contributed by atoms with E-state index < -0.39 is 5.97 Å². The molecular weight excluding hydrogens is 306 g/mol. The van der Waals surface area contributed by atoms with Crippen molar-refractivity contribution in [3.8, 4) is 5.69 Å². The Morgan fingerprint density at radius 2 is 2.08 bits per heavy atom. The summed E-state index contributed by atoms with van der Waals surface area (Å²) in [4.78, 5) is 11.5. The van der Waals surface area contributed by atoms with Crippen molar-refractivity contribution in [1.29, 1.82) is 0 Å². The molecule has 0 aliphatic carbocycles. The van der Waals surface area contributed by atoms with E-state index in [1.807, 2.05) is 41.2 Å². The Bertz CT molecular complexity index is 634. The fraction of sp³-hybridized carbons (Fsp3) is 0.444. The number of nitrogens with zero attached hydrogens (tertiary/aromatic N) is 2. The summed E-state index contributed by atoms with van der Waals surface area (Å²) >= 11 is 0. The fourth-order valence-electron chi connectivity index (χ4n) is 3.13. The number of aromatic nitrogens is 2. The van der Waals surface area contributed by atoms with E-state index in [1.165, 1.54) is 0 Å². The van der Waals surface area contributed by atoms with Gasteiger partial charge in [-0.15, -0.1) is 0 Å². The summed E-state index contributed by atoms with van der Waals surface area (Å²) in [5.74, 6) is -0.869. The van der Waals surface area contributed by atoms with Crippen molar-refractivity contribution in [2.45, 2.75) is 19.4 Å². The molecule has 2 heterocycles. The highest BCUT2D eigenvalue weighted by Gasteiger charge is 2.29. The van der Waals surface area contributed by atoms with Gasteiger partial charge in [-0.25, -0.2) is 4.68 Å². The molecule has 128 valence electrons. The van der Waals surface area contributed by atoms with E-state index in [1.54, 1.807) is 6.20 Å². The Balaban J connectivity index is 1.52. The average molecular weight is 329 g/mol. The molecule has 1 aromatic carbocycles. The van der Waals surface area contributed by atoms with E-state index in [9.17, 15) is 9.90 Å². The molecule has 2 N–H and O–H groups in total. The molecule has 3 rings (SSSR count). The highest BCUT2D eigenvalue weighted by Crippen LogP contribution is 2.23. The Labute approximate surface area is 141 Å². The Hall–Kier alpha value is -2.18. The van der Waals surface area contributed by atoms with E-state index in [2.05, 4.69) is 10.4 Å². The van der Waals surface area contributed by atoms with E-state index >= 15 is 0 Å². The molecule has 6 heteroatoms. The van der Waals surface area contributed by atoms with Crippen LogP contribution in [0.15, 0.2) is 42.7 Å². The lowest BCUT2D eigenvalue weighted by molar-refractivity contribution is -0.144. The Morgan fingerprint density at radius 3 is 2.71 bits per heavy atom. The summed E-state index contributed by atoms with van der Waals surface area (Å²) < 4.78 is 7.13. The molecular formula is C18H23N3O3. The predicted octanol–water partition coefficient (Wildman–Crippen LogP) is 2.09. The van der Waals surface area contributed by atoms with Crippen LogP contribution in [-0.4, -0.2) is 40.6 Å². The van der Waals surface area contributed by atoms with Crippen LogP contribution in [0.25, 0.3) is 5.69 Å². The number of hydrogen-bond acceptors (Lipinski definition) is 4. The second-order valence-electron chi connectivity index (χ2n) is 6.14. The number of benzene rings is 1. The van der Waals surface area contributed by atoms with Crippen molar-refractivity contribution >= 4 is 5.97 Å². The van der Waals surface area contributed by atoms with Gasteiger partial charge in [-0.05, 0) is 42.5 Å². The number of nitrogens with one attached hydrogen (secondary N) is 1. The van der Waals surface area contributed by atoms with Gasteiger partial charge >= 0.3 is 5.97 Å². The molecule has 0 amide bonds. The normalized spacial score (nSPS) is 16.8. The average Bonchev–Trinajstić information content (AvgIpc) is 3.14. The monoisotopic (exact) mass is 329 g/mol. The van der Waals surface area contributed by atoms with E-state index in [4.69, 9.17) is 4.74 Å². The summed E-state index contributed by atoms with van der Waals surface area (Å²) in [5, 5.41) is 17.0. The minimum atomic E-state index is -0.719. The maximum absolute atomic E-state index is 11.5. The van der Waals surface area contributed by atoms with Crippen LogP contribution in [0.1, 0.15) is 18.4 Å². The van der Waals surface area contributed by atoms with Gasteiger partial charge in [-0.3, -0.25) is 4.79 Å². The van der Waals surface area contributed by atoms with Gasteiger partial charge in [0.1, 0.15) is 0 Å². The van der Waals surface area contributed by atoms with Gasteiger partial charge in [-0.1, -0.05) is 12.1 Å². The van der Waals surface area contributed by atoms with Crippen LogP contribution < -0.4 is 5.32 Å². The topological polar surface area (TPSA) is 76.4 Å². The largest absolute Gasteiger partial charge is 0.481 e. The Kier molecular flexibility index (Phi) is 5.61. The van der Waals surface area contributed by atoms with Crippen LogP contribution in [0.5, 0.6) is 0 Å². The first-order chi connectivity index (χ1) is 11.7. The molecule has 6 nitrogen and oxygen atoms in total. The number of hydrogen-bond donors (Lipinski definition) is 2. The van der Waals surface area contributed by atoms with Gasteiger partial charge in [0.25, 0.3) is 0 Å². The molecule has 1 aliphatic heterocycles. The number of carboxylic acids is 1. The van der Waals surface area contributed by atoms with E-state index in [0.717, 1.165) is 24.1 Å². The third-order valence-corrected chi connectivity index (χ3v) is 4.55. The van der Waals surface area contributed by atoms with Crippen LogP contribution in [0.3, 0.4) is 0 Å². The zero-order valence-corrected chi connectivity index (χ0v) is 13.6. The molecule has 24 heavy (non-hydrogen) atoms. The lowest BCUT2D eigenvalue weighted by Gasteiger charge is -2.27. The van der Waals surface area contributed by atoms with Crippen molar-refractivity contribution in [1.82, 2.24) is 15.1 Å². The van der Waals surface area contributed by atoms with Gasteiger partial charge in [0, 0.05) is 38.7 Å². The molecule has 0 saturated carbocycles. The summed E-state index contributed by atoms with van der Waals surface area (Å²) in [7, 11) is 0. The molecule has 1 atom stereocenters. The molecule has 0 bridgehead atoms. The van der Waals surface area contributed by atoms with Gasteiger partial charge < -0.3 is 15.2 Å². The maximum atomic E-state index is 11.5. The third-order valence-electron chi connectivity index (χ3n) is 4.55. The first-order valence-electron chi connectivity index (χ1n) is 8.34. The van der Waals surface area contributed by atoms with Crippen molar-refractivity contribution in [2.24, 2.45) is 11.8 Å². The lowest BCUT2D eigenvalue weighted by atomic mass is 9.86. The number of rotatable bonds is 7. The number of carboxylic acid groups (broad SMARTS) is 1. The van der Waals surface area contributed by atoms with Crippen molar-refractivity contribution < 1.29 is 14.6 Å². The zero-order valence-electron chi connectivity index (χ0n) is 13.6. The zero-order chi connectivity index (χ0) is 16.8. The first-order valence-corrected chi connectivity index (χ1v) is 8.34. The Morgan fingerprint density at radius 1 is 1.33 bits per heavy atom. The SMILES string of the molecule is O=C(O)C(CNCc1ccc(-n2cccn2)cc1)C1CCOCC1. The van der Waals surface area contributed by atoms with Crippen molar-refractivity contribution in [3.63, 3.8) is 0 Å². The fourth-order valence-corrected chi connectivity index (χ4v) is 3.13. The van der Waals surface area contributed by atoms with Crippen LogP contribution in [0.4, 0.5) is 0 Å². The van der Waals surface area contributed by atoms with Crippen LogP contribution in [0, 0.1) is 11.8 Å². The van der Waals surface area contributed by atoms with E-state index in [-0.39, 0.29) is 11.8 Å². The van der Waals surface area contributed by atoms with Crippen LogP contribution in [-0.2, 0) is 16.1 Å². The molecule has 1 aliphatic rings. The quantitative estimate of drug-likeness (QED) is 0.813. The smallest absolute Gasteiger partial charge is 0.308 e. The maximum Gasteiger partial charge on any atom is 0.308 e. The number of ether oxygens (including phenoxy) is 1. The summed E-state index contributed by atoms with van der Waals surface area (Å²) in [6, 6.07) is 9.98. The molecule has 0 spiro atoms. The second-order valence-corrected chi connectivity index (χ2v) is 6.14. The molecule has 0 radical (unpaired) electrons. The minimum Gasteiger partial charge on any atom is -0.481 e. The molecule has 1 fully saturated rings. The van der Waals surface area contributed by atoms with E-state index in [0.29, 0.717) is 26.3 Å².